The first-order valence-electron chi connectivity index (χ1n) is 13.7. The van der Waals surface area contributed by atoms with E-state index >= 15 is 0 Å². The summed E-state index contributed by atoms with van der Waals surface area (Å²) in [7, 11) is 0. The van der Waals surface area contributed by atoms with E-state index in [-0.39, 0.29) is 29.2 Å². The molecule has 0 spiro atoms. The molecule has 2 amide bonds. The van der Waals surface area contributed by atoms with Crippen molar-refractivity contribution in [2.24, 2.45) is 5.92 Å². The second-order valence-electron chi connectivity index (χ2n) is 12.6. The van der Waals surface area contributed by atoms with Crippen LogP contribution in [0.1, 0.15) is 82.9 Å². The molecule has 1 N–H and O–H groups in total. The fraction of sp³-hybridized carbons (Fsp3) is 0.548. The lowest BCUT2D eigenvalue weighted by Gasteiger charge is -2.37. The van der Waals surface area contributed by atoms with Gasteiger partial charge in [-0.15, -0.1) is 0 Å². The zero-order valence-electron chi connectivity index (χ0n) is 23.8. The second kappa shape index (κ2) is 11.2. The highest BCUT2D eigenvalue weighted by Crippen LogP contribution is 2.41. The molecule has 0 radical (unpaired) electrons. The van der Waals surface area contributed by atoms with Gasteiger partial charge in [-0.3, -0.25) is 14.5 Å². The molecule has 5 nitrogen and oxygen atoms in total. The molecule has 212 valence electrons. The van der Waals surface area contributed by atoms with Crippen LogP contribution in [0.15, 0.2) is 36.4 Å². The summed E-state index contributed by atoms with van der Waals surface area (Å²) in [5.41, 5.74) is 1.76. The summed E-state index contributed by atoms with van der Waals surface area (Å²) in [5, 5.41) is 3.64. The number of hydrogen-bond acceptors (Lipinski definition) is 3. The van der Waals surface area contributed by atoms with Gasteiger partial charge in [0.15, 0.2) is 0 Å². The van der Waals surface area contributed by atoms with Crippen molar-refractivity contribution < 1.29 is 18.4 Å². The third-order valence-corrected chi connectivity index (χ3v) is 8.61. The molecule has 0 aliphatic carbocycles. The van der Waals surface area contributed by atoms with Crippen LogP contribution < -0.4 is 5.32 Å². The molecule has 2 aliphatic heterocycles. The number of benzene rings is 2. The number of carbonyl (C=O) groups is 2. The lowest BCUT2D eigenvalue weighted by atomic mass is 9.80. The molecule has 2 saturated heterocycles. The van der Waals surface area contributed by atoms with E-state index in [0.29, 0.717) is 36.8 Å². The molecule has 8 heteroatoms. The van der Waals surface area contributed by atoms with Gasteiger partial charge in [0.1, 0.15) is 11.6 Å². The summed E-state index contributed by atoms with van der Waals surface area (Å²) < 4.78 is 28.5. The minimum Gasteiger partial charge on any atom is -0.347 e. The zero-order valence-corrected chi connectivity index (χ0v) is 24.5. The second-order valence-corrected chi connectivity index (χ2v) is 13.0. The van der Waals surface area contributed by atoms with Crippen LogP contribution in [0.5, 0.6) is 0 Å². The van der Waals surface area contributed by atoms with E-state index < -0.39 is 23.1 Å². The lowest BCUT2D eigenvalue weighted by molar-refractivity contribution is -0.136. The van der Waals surface area contributed by atoms with E-state index in [4.69, 9.17) is 11.6 Å². The monoisotopic (exact) mass is 559 g/mol. The molecule has 2 aromatic rings. The average Bonchev–Trinajstić information content (AvgIpc) is 3.29. The topological polar surface area (TPSA) is 52.7 Å². The smallest absolute Gasteiger partial charge is 0.227 e. The largest absolute Gasteiger partial charge is 0.347 e. The number of nitrogens with zero attached hydrogens (tertiary/aromatic N) is 2. The molecular formula is C31H40ClF2N3O2. The molecular weight excluding hydrogens is 520 g/mol. The maximum absolute atomic E-state index is 14.9. The van der Waals surface area contributed by atoms with Crippen LogP contribution in [0, 0.1) is 17.6 Å². The maximum Gasteiger partial charge on any atom is 0.227 e. The van der Waals surface area contributed by atoms with Gasteiger partial charge in [-0.25, -0.2) is 8.78 Å². The molecule has 2 atom stereocenters. The van der Waals surface area contributed by atoms with E-state index in [1.165, 1.54) is 19.1 Å². The van der Waals surface area contributed by atoms with Gasteiger partial charge in [-0.1, -0.05) is 23.7 Å². The van der Waals surface area contributed by atoms with Gasteiger partial charge >= 0.3 is 0 Å². The van der Waals surface area contributed by atoms with Gasteiger partial charge in [0, 0.05) is 55.6 Å². The predicted molar refractivity (Wildman–Crippen MR) is 151 cm³/mol. The molecule has 2 aromatic carbocycles. The van der Waals surface area contributed by atoms with Crippen LogP contribution in [-0.4, -0.2) is 53.3 Å². The molecule has 39 heavy (non-hydrogen) atoms. The Balaban J connectivity index is 1.53. The van der Waals surface area contributed by atoms with Gasteiger partial charge in [-0.2, -0.15) is 0 Å². The van der Waals surface area contributed by atoms with Crippen molar-refractivity contribution in [1.82, 2.24) is 15.1 Å². The number of rotatable bonds is 5. The van der Waals surface area contributed by atoms with E-state index in [0.717, 1.165) is 30.0 Å². The SMILES string of the molecule is CC(=O)NC(C)(C)c1cc(Cl)ccc1C1CCN(C(=O)C2CN(C(C)(C)C)C[C@H]2c2ccc(F)cc2F)CC1. The van der Waals surface area contributed by atoms with Crippen molar-refractivity contribution >= 4 is 23.4 Å². The lowest BCUT2D eigenvalue weighted by Crippen LogP contribution is -2.45. The van der Waals surface area contributed by atoms with Crippen molar-refractivity contribution in [2.75, 3.05) is 26.2 Å². The molecule has 0 bridgehead atoms. The van der Waals surface area contributed by atoms with E-state index in [2.05, 4.69) is 31.0 Å². The first-order valence-corrected chi connectivity index (χ1v) is 14.1. The maximum atomic E-state index is 14.9. The first kappa shape index (κ1) is 29.5. The summed E-state index contributed by atoms with van der Waals surface area (Å²) in [5.74, 6) is -1.81. The van der Waals surface area contributed by atoms with Gasteiger partial charge in [0.25, 0.3) is 0 Å². The molecule has 0 aromatic heterocycles. The van der Waals surface area contributed by atoms with E-state index in [1.807, 2.05) is 36.9 Å². The predicted octanol–water partition coefficient (Wildman–Crippen LogP) is 6.21. The standard InChI is InChI=1S/C31H40ClF2N3O2/c1-19(38)35-31(5,6)27-15-21(32)7-9-23(27)20-11-13-36(14-12-20)29(39)26-18-37(30(2,3)4)17-25(26)24-10-8-22(33)16-28(24)34/h7-10,15-16,20,25-26H,11-14,17-18H2,1-6H3,(H,35,38)/t25-,26?/m0/s1. The van der Waals surface area contributed by atoms with Crippen molar-refractivity contribution in [2.45, 2.75) is 77.3 Å². The summed E-state index contributed by atoms with van der Waals surface area (Å²) in [6.07, 6.45) is 1.56. The molecule has 2 aliphatic rings. The zero-order chi connectivity index (χ0) is 28.7. The van der Waals surface area contributed by atoms with Crippen molar-refractivity contribution in [3.63, 3.8) is 0 Å². The Labute approximate surface area is 235 Å². The Hall–Kier alpha value is -2.51. The highest BCUT2D eigenvalue weighted by Gasteiger charge is 2.45. The Morgan fingerprint density at radius 2 is 1.59 bits per heavy atom. The number of likely N-dealkylation sites (tertiary alicyclic amines) is 2. The van der Waals surface area contributed by atoms with Gasteiger partial charge in [-0.05, 0) is 88.3 Å². The molecule has 0 saturated carbocycles. The molecule has 2 heterocycles. The van der Waals surface area contributed by atoms with Gasteiger partial charge < -0.3 is 10.2 Å². The average molecular weight is 560 g/mol. The Morgan fingerprint density at radius 1 is 0.949 bits per heavy atom. The quantitative estimate of drug-likeness (QED) is 0.474. The number of hydrogen-bond donors (Lipinski definition) is 1. The number of amides is 2. The van der Waals surface area contributed by atoms with Crippen LogP contribution >= 0.6 is 11.6 Å². The van der Waals surface area contributed by atoms with Crippen LogP contribution in [0.3, 0.4) is 0 Å². The Bertz CT molecular complexity index is 1230. The summed E-state index contributed by atoms with van der Waals surface area (Å²) in [6, 6.07) is 9.52. The minimum absolute atomic E-state index is 0.0313. The Morgan fingerprint density at radius 3 is 2.18 bits per heavy atom. The number of nitrogens with one attached hydrogen (secondary N) is 1. The normalized spacial score (nSPS) is 21.3. The van der Waals surface area contributed by atoms with Crippen LogP contribution in [0.4, 0.5) is 8.78 Å². The summed E-state index contributed by atoms with van der Waals surface area (Å²) in [4.78, 5) is 29.9. The third-order valence-electron chi connectivity index (χ3n) is 8.37. The number of halogens is 3. The van der Waals surface area contributed by atoms with Crippen LogP contribution in [0.2, 0.25) is 5.02 Å². The van der Waals surface area contributed by atoms with Crippen molar-refractivity contribution in [1.29, 1.82) is 0 Å². The third kappa shape index (κ3) is 6.46. The Kier molecular flexibility index (Phi) is 8.44. The van der Waals surface area contributed by atoms with Gasteiger partial charge in [0.05, 0.1) is 11.5 Å². The van der Waals surface area contributed by atoms with E-state index in [9.17, 15) is 18.4 Å². The van der Waals surface area contributed by atoms with Gasteiger partial charge in [0.2, 0.25) is 11.8 Å². The summed E-state index contributed by atoms with van der Waals surface area (Å²) >= 11 is 6.35. The number of carbonyl (C=O) groups excluding carboxylic acids is 2. The van der Waals surface area contributed by atoms with Crippen molar-refractivity contribution in [3.05, 3.63) is 69.7 Å². The van der Waals surface area contributed by atoms with Crippen molar-refractivity contribution in [3.8, 4) is 0 Å². The van der Waals surface area contributed by atoms with E-state index in [1.54, 1.807) is 0 Å². The van der Waals surface area contributed by atoms with Crippen LogP contribution in [0.25, 0.3) is 0 Å². The first-order chi connectivity index (χ1) is 18.2. The molecule has 2 fully saturated rings. The fourth-order valence-electron chi connectivity index (χ4n) is 6.30. The van der Waals surface area contributed by atoms with Crippen LogP contribution in [-0.2, 0) is 15.1 Å². The molecule has 4 rings (SSSR count). The number of piperidine rings is 1. The minimum atomic E-state index is -0.616. The summed E-state index contributed by atoms with van der Waals surface area (Å²) in [6.45, 7) is 14.0. The highest BCUT2D eigenvalue weighted by molar-refractivity contribution is 6.30. The highest BCUT2D eigenvalue weighted by atomic mass is 35.5. The fourth-order valence-corrected chi connectivity index (χ4v) is 6.47. The molecule has 1 unspecified atom stereocenters.